The largest absolute Gasteiger partial charge is 0.466 e. The van der Waals surface area contributed by atoms with Gasteiger partial charge < -0.3 is 14.8 Å². The molecule has 0 rings (SSSR count). The Kier molecular flexibility index (Phi) is 9.03. The van der Waals surface area contributed by atoms with Gasteiger partial charge in [0.2, 0.25) is 0 Å². The van der Waals surface area contributed by atoms with Crippen LogP contribution in [-0.2, 0) is 14.3 Å². The smallest absolute Gasteiger partial charge is 0.308 e. The fourth-order valence-electron chi connectivity index (χ4n) is 0.812. The Morgan fingerprint density at radius 3 is 2.69 bits per heavy atom. The third-order valence-corrected chi connectivity index (χ3v) is 1.43. The van der Waals surface area contributed by atoms with Gasteiger partial charge >= 0.3 is 5.97 Å². The molecule has 0 aromatic carbocycles. The fraction of sp³-hybridized carbons (Fsp3) is 0.889. The normalized spacial score (nSPS) is 10.0. The Morgan fingerprint density at radius 1 is 1.31 bits per heavy atom. The molecule has 4 nitrogen and oxygen atoms in total. The quantitative estimate of drug-likeness (QED) is 0.448. The van der Waals surface area contributed by atoms with Gasteiger partial charge in [-0.1, -0.05) is 6.92 Å². The second-order valence-electron chi connectivity index (χ2n) is 2.52. The number of nitrogens with one attached hydrogen (secondary N) is 1. The SMILES string of the molecule is CCNCCOCCC(=O)OCC. The Morgan fingerprint density at radius 2 is 2.08 bits per heavy atom. The van der Waals surface area contributed by atoms with Gasteiger partial charge in [-0.3, -0.25) is 4.79 Å². The molecule has 0 aliphatic heterocycles. The number of carbonyl (C=O) groups is 1. The molecule has 0 aliphatic carbocycles. The Balaban J connectivity index is 3.02. The lowest BCUT2D eigenvalue weighted by atomic mass is 10.5. The van der Waals surface area contributed by atoms with Gasteiger partial charge in [-0.25, -0.2) is 0 Å². The monoisotopic (exact) mass is 189 g/mol. The number of likely N-dealkylation sites (N-methyl/N-ethyl adjacent to an activating group) is 1. The molecule has 0 aromatic rings. The first-order valence-electron chi connectivity index (χ1n) is 4.75. The van der Waals surface area contributed by atoms with Crippen molar-refractivity contribution < 1.29 is 14.3 Å². The third-order valence-electron chi connectivity index (χ3n) is 1.43. The lowest BCUT2D eigenvalue weighted by Gasteiger charge is -2.04. The maximum absolute atomic E-state index is 10.8. The van der Waals surface area contributed by atoms with Crippen molar-refractivity contribution in [3.63, 3.8) is 0 Å². The highest BCUT2D eigenvalue weighted by molar-refractivity contribution is 5.69. The molecule has 0 radical (unpaired) electrons. The van der Waals surface area contributed by atoms with E-state index < -0.39 is 0 Å². The molecule has 78 valence electrons. The molecule has 1 N–H and O–H groups in total. The van der Waals surface area contributed by atoms with E-state index in [-0.39, 0.29) is 5.97 Å². The second-order valence-corrected chi connectivity index (χ2v) is 2.52. The van der Waals surface area contributed by atoms with Crippen molar-refractivity contribution in [3.8, 4) is 0 Å². The minimum atomic E-state index is -0.189. The zero-order valence-corrected chi connectivity index (χ0v) is 8.47. The summed E-state index contributed by atoms with van der Waals surface area (Å²) in [6, 6.07) is 0. The highest BCUT2D eigenvalue weighted by Crippen LogP contribution is 1.87. The molecule has 0 saturated heterocycles. The summed E-state index contributed by atoms with van der Waals surface area (Å²) in [6.07, 6.45) is 0.347. The van der Waals surface area contributed by atoms with E-state index in [4.69, 9.17) is 9.47 Å². The molecule has 0 spiro atoms. The molecule has 0 fully saturated rings. The van der Waals surface area contributed by atoms with Crippen molar-refractivity contribution in [2.45, 2.75) is 20.3 Å². The molecule has 0 unspecified atom stereocenters. The summed E-state index contributed by atoms with van der Waals surface area (Å²) in [5, 5.41) is 3.12. The number of rotatable bonds is 8. The molecule has 0 atom stereocenters. The molecule has 13 heavy (non-hydrogen) atoms. The molecular weight excluding hydrogens is 170 g/mol. The predicted molar refractivity (Wildman–Crippen MR) is 50.6 cm³/mol. The number of esters is 1. The minimum Gasteiger partial charge on any atom is -0.466 e. The van der Waals surface area contributed by atoms with Crippen molar-refractivity contribution in [2.24, 2.45) is 0 Å². The lowest BCUT2D eigenvalue weighted by Crippen LogP contribution is -2.19. The average molecular weight is 189 g/mol. The number of carbonyl (C=O) groups excluding carboxylic acids is 1. The van der Waals surface area contributed by atoms with Gasteiger partial charge in [-0.2, -0.15) is 0 Å². The number of hydrogen-bond acceptors (Lipinski definition) is 4. The molecule has 0 heterocycles. The van der Waals surface area contributed by atoms with E-state index in [2.05, 4.69) is 5.32 Å². The van der Waals surface area contributed by atoms with Crippen LogP contribution < -0.4 is 5.32 Å². The highest BCUT2D eigenvalue weighted by atomic mass is 16.5. The van der Waals surface area contributed by atoms with E-state index in [9.17, 15) is 4.79 Å². The molecule has 4 heteroatoms. The summed E-state index contributed by atoms with van der Waals surface area (Å²) in [6.45, 7) is 7.15. The summed E-state index contributed by atoms with van der Waals surface area (Å²) in [5.74, 6) is -0.189. The predicted octanol–water partition coefficient (Wildman–Crippen LogP) is 0.566. The zero-order valence-electron chi connectivity index (χ0n) is 8.47. The minimum absolute atomic E-state index is 0.189. The van der Waals surface area contributed by atoms with Crippen molar-refractivity contribution in [1.82, 2.24) is 5.32 Å². The summed E-state index contributed by atoms with van der Waals surface area (Å²) in [7, 11) is 0. The third kappa shape index (κ3) is 9.30. The van der Waals surface area contributed by atoms with Crippen LogP contribution in [0, 0.1) is 0 Å². The Labute approximate surface area is 79.6 Å². The number of hydrogen-bond donors (Lipinski definition) is 1. The topological polar surface area (TPSA) is 47.6 Å². The molecule has 0 saturated carbocycles. The molecule has 0 aliphatic rings. The van der Waals surface area contributed by atoms with E-state index in [0.717, 1.165) is 13.1 Å². The van der Waals surface area contributed by atoms with Gasteiger partial charge in [0.05, 0.1) is 26.2 Å². The molecular formula is C9H19NO3. The maximum atomic E-state index is 10.8. The van der Waals surface area contributed by atoms with Crippen LogP contribution in [0.1, 0.15) is 20.3 Å². The van der Waals surface area contributed by atoms with Crippen LogP contribution in [0.5, 0.6) is 0 Å². The van der Waals surface area contributed by atoms with Gasteiger partial charge in [-0.05, 0) is 13.5 Å². The van der Waals surface area contributed by atoms with Crippen molar-refractivity contribution in [3.05, 3.63) is 0 Å². The van der Waals surface area contributed by atoms with Gasteiger partial charge in [0, 0.05) is 6.54 Å². The Hall–Kier alpha value is -0.610. The summed E-state index contributed by atoms with van der Waals surface area (Å²) in [4.78, 5) is 10.8. The standard InChI is InChI=1S/C9H19NO3/c1-3-10-6-8-12-7-5-9(11)13-4-2/h10H,3-8H2,1-2H3. The summed E-state index contributed by atoms with van der Waals surface area (Å²) >= 11 is 0. The first-order chi connectivity index (χ1) is 6.31. The van der Waals surface area contributed by atoms with Crippen LogP contribution >= 0.6 is 0 Å². The first kappa shape index (κ1) is 12.4. The van der Waals surface area contributed by atoms with Crippen LogP contribution in [0.3, 0.4) is 0 Å². The van der Waals surface area contributed by atoms with E-state index in [1.54, 1.807) is 6.92 Å². The van der Waals surface area contributed by atoms with E-state index in [1.165, 1.54) is 0 Å². The Bertz CT molecular complexity index is 128. The van der Waals surface area contributed by atoms with Gasteiger partial charge in [-0.15, -0.1) is 0 Å². The lowest BCUT2D eigenvalue weighted by molar-refractivity contribution is -0.144. The molecule has 0 aromatic heterocycles. The fourth-order valence-corrected chi connectivity index (χ4v) is 0.812. The van der Waals surface area contributed by atoms with Crippen LogP contribution in [-0.4, -0.2) is 38.9 Å². The average Bonchev–Trinajstić information content (AvgIpc) is 2.11. The van der Waals surface area contributed by atoms with Gasteiger partial charge in [0.15, 0.2) is 0 Å². The van der Waals surface area contributed by atoms with Crippen molar-refractivity contribution in [2.75, 3.05) is 32.9 Å². The van der Waals surface area contributed by atoms with Crippen molar-refractivity contribution in [1.29, 1.82) is 0 Å². The van der Waals surface area contributed by atoms with Gasteiger partial charge in [0.25, 0.3) is 0 Å². The van der Waals surface area contributed by atoms with Crippen molar-refractivity contribution >= 4 is 5.97 Å². The second kappa shape index (κ2) is 9.48. The molecule has 0 amide bonds. The van der Waals surface area contributed by atoms with E-state index >= 15 is 0 Å². The summed E-state index contributed by atoms with van der Waals surface area (Å²) in [5.41, 5.74) is 0. The number of ether oxygens (including phenoxy) is 2. The zero-order chi connectivity index (χ0) is 9.94. The van der Waals surface area contributed by atoms with Crippen LogP contribution in [0.4, 0.5) is 0 Å². The van der Waals surface area contributed by atoms with Gasteiger partial charge in [0.1, 0.15) is 0 Å². The maximum Gasteiger partial charge on any atom is 0.308 e. The van der Waals surface area contributed by atoms with Crippen LogP contribution in [0.2, 0.25) is 0 Å². The summed E-state index contributed by atoms with van der Waals surface area (Å²) < 4.78 is 9.92. The molecule has 0 bridgehead atoms. The van der Waals surface area contributed by atoms with Crippen LogP contribution in [0.25, 0.3) is 0 Å². The first-order valence-corrected chi connectivity index (χ1v) is 4.75. The highest BCUT2D eigenvalue weighted by Gasteiger charge is 1.99. The van der Waals surface area contributed by atoms with E-state index in [1.807, 2.05) is 6.92 Å². The van der Waals surface area contributed by atoms with E-state index in [0.29, 0.717) is 26.2 Å². The van der Waals surface area contributed by atoms with Crippen LogP contribution in [0.15, 0.2) is 0 Å².